The highest BCUT2D eigenvalue weighted by atomic mass is 19.4. The molecule has 28 heavy (non-hydrogen) atoms. The number of alkyl halides is 3. The van der Waals surface area contributed by atoms with Crippen LogP contribution in [-0.4, -0.2) is 15.9 Å². The number of nitrogens with zero attached hydrogens (tertiary/aromatic N) is 2. The van der Waals surface area contributed by atoms with Crippen LogP contribution in [0.15, 0.2) is 60.9 Å². The first-order valence-electron chi connectivity index (χ1n) is 8.11. The molecule has 0 atom stereocenters. The van der Waals surface area contributed by atoms with Gasteiger partial charge in [-0.3, -0.25) is 4.79 Å². The van der Waals surface area contributed by atoms with Crippen LogP contribution in [0.3, 0.4) is 0 Å². The summed E-state index contributed by atoms with van der Waals surface area (Å²) in [6.07, 6.45) is -2.05. The molecular weight excluding hydrogens is 376 g/mol. The van der Waals surface area contributed by atoms with E-state index in [-0.39, 0.29) is 23.7 Å². The third-order valence-corrected chi connectivity index (χ3v) is 3.75. The van der Waals surface area contributed by atoms with Gasteiger partial charge in [0.25, 0.3) is 5.91 Å². The molecule has 0 unspecified atom stereocenters. The maximum atomic E-state index is 13.6. The Morgan fingerprint density at radius 2 is 1.79 bits per heavy atom. The summed E-state index contributed by atoms with van der Waals surface area (Å²) in [5.74, 6) is -0.744. The summed E-state index contributed by atoms with van der Waals surface area (Å²) < 4.78 is 51.8. The summed E-state index contributed by atoms with van der Waals surface area (Å²) in [5.41, 5.74) is -0.517. The first-order valence-corrected chi connectivity index (χ1v) is 8.11. The molecule has 0 aliphatic rings. The van der Waals surface area contributed by atoms with E-state index in [9.17, 15) is 22.4 Å². The Morgan fingerprint density at radius 1 is 1.00 bits per heavy atom. The summed E-state index contributed by atoms with van der Waals surface area (Å²) in [4.78, 5) is 20.1. The maximum absolute atomic E-state index is 13.6. The molecule has 1 aromatic heterocycles. The molecule has 9 heteroatoms. The van der Waals surface area contributed by atoms with Crippen molar-refractivity contribution >= 4 is 17.4 Å². The lowest BCUT2D eigenvalue weighted by Crippen LogP contribution is -2.15. The van der Waals surface area contributed by atoms with E-state index in [1.807, 2.05) is 0 Å². The zero-order chi connectivity index (χ0) is 20.1. The van der Waals surface area contributed by atoms with Crippen LogP contribution >= 0.6 is 0 Å². The third-order valence-electron chi connectivity index (χ3n) is 3.75. The number of carbonyl (C=O) groups is 1. The van der Waals surface area contributed by atoms with Gasteiger partial charge in [0.05, 0.1) is 18.0 Å². The minimum absolute atomic E-state index is 0.0108. The van der Waals surface area contributed by atoms with Gasteiger partial charge in [-0.1, -0.05) is 24.3 Å². The fourth-order valence-corrected chi connectivity index (χ4v) is 2.33. The molecule has 0 saturated heterocycles. The van der Waals surface area contributed by atoms with Gasteiger partial charge in [-0.05, 0) is 24.3 Å². The summed E-state index contributed by atoms with van der Waals surface area (Å²) in [7, 11) is 0. The number of rotatable bonds is 5. The number of benzene rings is 2. The molecule has 144 valence electrons. The van der Waals surface area contributed by atoms with Crippen molar-refractivity contribution in [3.8, 4) is 0 Å². The third kappa shape index (κ3) is 4.81. The number of aromatic nitrogens is 2. The second-order valence-electron chi connectivity index (χ2n) is 5.76. The normalized spacial score (nSPS) is 11.1. The summed E-state index contributed by atoms with van der Waals surface area (Å²) in [6, 6.07) is 10.5. The van der Waals surface area contributed by atoms with Gasteiger partial charge in [0.15, 0.2) is 0 Å². The molecule has 0 spiro atoms. The van der Waals surface area contributed by atoms with Gasteiger partial charge in [0, 0.05) is 17.8 Å². The van der Waals surface area contributed by atoms with Crippen molar-refractivity contribution in [2.45, 2.75) is 12.7 Å². The second kappa shape index (κ2) is 8.03. The van der Waals surface area contributed by atoms with E-state index in [1.54, 1.807) is 18.2 Å². The lowest BCUT2D eigenvalue weighted by molar-refractivity contribution is -0.137. The van der Waals surface area contributed by atoms with Crippen LogP contribution < -0.4 is 10.6 Å². The molecule has 1 amide bonds. The van der Waals surface area contributed by atoms with Gasteiger partial charge in [0.2, 0.25) is 0 Å². The Balaban J connectivity index is 1.63. The van der Waals surface area contributed by atoms with Crippen molar-refractivity contribution in [2.75, 3.05) is 10.6 Å². The molecule has 2 aromatic carbocycles. The number of hydrogen-bond donors (Lipinski definition) is 2. The number of amides is 1. The van der Waals surface area contributed by atoms with Crippen molar-refractivity contribution in [3.05, 3.63) is 83.6 Å². The van der Waals surface area contributed by atoms with E-state index in [0.29, 0.717) is 11.4 Å². The Morgan fingerprint density at radius 3 is 2.46 bits per heavy atom. The first kappa shape index (κ1) is 19.3. The maximum Gasteiger partial charge on any atom is 0.416 e. The monoisotopic (exact) mass is 390 g/mol. The van der Waals surface area contributed by atoms with Crippen molar-refractivity contribution in [2.24, 2.45) is 0 Å². The minimum atomic E-state index is -4.51. The molecule has 0 fully saturated rings. The quantitative estimate of drug-likeness (QED) is 0.630. The van der Waals surface area contributed by atoms with Crippen molar-refractivity contribution in [3.63, 3.8) is 0 Å². The molecule has 1 heterocycles. The van der Waals surface area contributed by atoms with E-state index in [0.717, 1.165) is 12.1 Å². The van der Waals surface area contributed by atoms with E-state index in [1.165, 1.54) is 30.6 Å². The van der Waals surface area contributed by atoms with Crippen LogP contribution in [0, 0.1) is 5.82 Å². The first-order chi connectivity index (χ1) is 13.3. The Kier molecular flexibility index (Phi) is 5.53. The van der Waals surface area contributed by atoms with E-state index in [4.69, 9.17) is 0 Å². The van der Waals surface area contributed by atoms with Gasteiger partial charge in [-0.2, -0.15) is 13.2 Å². The average Bonchev–Trinajstić information content (AvgIpc) is 2.67. The molecular formula is C19H14F4N4O. The molecule has 5 nitrogen and oxygen atoms in total. The van der Waals surface area contributed by atoms with Crippen LogP contribution in [0.5, 0.6) is 0 Å². The fourth-order valence-electron chi connectivity index (χ4n) is 2.33. The van der Waals surface area contributed by atoms with E-state index < -0.39 is 17.6 Å². The lowest BCUT2D eigenvalue weighted by atomic mass is 10.2. The molecule has 3 aromatic rings. The van der Waals surface area contributed by atoms with Crippen LogP contribution in [0.1, 0.15) is 21.6 Å². The molecule has 2 N–H and O–H groups in total. The molecule has 0 aliphatic heterocycles. The number of carbonyl (C=O) groups excluding carboxylic acids is 1. The van der Waals surface area contributed by atoms with Gasteiger partial charge >= 0.3 is 6.18 Å². The average molecular weight is 390 g/mol. The van der Waals surface area contributed by atoms with Gasteiger partial charge in [0.1, 0.15) is 17.3 Å². The molecule has 0 saturated carbocycles. The number of hydrogen-bond acceptors (Lipinski definition) is 4. The summed E-state index contributed by atoms with van der Waals surface area (Å²) in [6.45, 7) is 0.178. The zero-order valence-corrected chi connectivity index (χ0v) is 14.3. The van der Waals surface area contributed by atoms with Crippen molar-refractivity contribution in [1.29, 1.82) is 0 Å². The summed E-state index contributed by atoms with van der Waals surface area (Å²) in [5, 5.41) is 5.22. The van der Waals surface area contributed by atoms with Crippen LogP contribution in [0.25, 0.3) is 0 Å². The van der Waals surface area contributed by atoms with Gasteiger partial charge in [-0.15, -0.1) is 0 Å². The minimum Gasteiger partial charge on any atom is -0.365 e. The zero-order valence-electron chi connectivity index (χ0n) is 14.3. The molecule has 3 rings (SSSR count). The Hall–Kier alpha value is -3.49. The highest BCUT2D eigenvalue weighted by Gasteiger charge is 2.30. The Labute approximate surface area is 157 Å². The highest BCUT2D eigenvalue weighted by Crippen LogP contribution is 2.30. The smallest absolute Gasteiger partial charge is 0.365 e. The van der Waals surface area contributed by atoms with E-state index in [2.05, 4.69) is 20.6 Å². The van der Waals surface area contributed by atoms with Crippen molar-refractivity contribution < 1.29 is 22.4 Å². The van der Waals surface area contributed by atoms with E-state index >= 15 is 0 Å². The number of anilines is 2. The summed E-state index contributed by atoms with van der Waals surface area (Å²) >= 11 is 0. The van der Waals surface area contributed by atoms with Gasteiger partial charge < -0.3 is 10.6 Å². The van der Waals surface area contributed by atoms with Crippen molar-refractivity contribution in [1.82, 2.24) is 9.97 Å². The Bertz CT molecular complexity index is 974. The lowest BCUT2D eigenvalue weighted by Gasteiger charge is -2.10. The topological polar surface area (TPSA) is 66.9 Å². The largest absolute Gasteiger partial charge is 0.416 e. The SMILES string of the molecule is O=C(Nc1cccc(C(F)(F)F)c1)c1cnc(NCc2ccccc2F)cn1. The predicted octanol–water partition coefficient (Wildman–Crippen LogP) is 4.50. The predicted molar refractivity (Wildman–Crippen MR) is 95.2 cm³/mol. The fraction of sp³-hybridized carbons (Fsp3) is 0.105. The number of nitrogens with one attached hydrogen (secondary N) is 2. The van der Waals surface area contributed by atoms with Gasteiger partial charge in [-0.25, -0.2) is 14.4 Å². The molecule has 0 bridgehead atoms. The molecule has 0 aliphatic carbocycles. The standard InChI is InChI=1S/C19H14F4N4O/c20-15-7-2-1-4-12(15)9-25-17-11-24-16(10-26-17)18(28)27-14-6-3-5-13(8-14)19(21,22)23/h1-8,10-11H,9H2,(H,25,26)(H,27,28). The van der Waals surface area contributed by atoms with Crippen LogP contribution in [-0.2, 0) is 12.7 Å². The van der Waals surface area contributed by atoms with Crippen LogP contribution in [0.4, 0.5) is 29.1 Å². The number of halogens is 4. The highest BCUT2D eigenvalue weighted by molar-refractivity contribution is 6.02. The molecule has 0 radical (unpaired) electrons. The second-order valence-corrected chi connectivity index (χ2v) is 5.76. The van der Waals surface area contributed by atoms with Crippen LogP contribution in [0.2, 0.25) is 0 Å².